The molecule has 0 aliphatic carbocycles. The first-order chi connectivity index (χ1) is 14.1. The van der Waals surface area contributed by atoms with Crippen LogP contribution in [-0.2, 0) is 22.5 Å². The number of benzene rings is 1. The number of carbonyl (C=O) groups excluding carboxylic acids is 1. The molecule has 0 bridgehead atoms. The van der Waals surface area contributed by atoms with Crippen LogP contribution in [0.3, 0.4) is 0 Å². The quantitative estimate of drug-likeness (QED) is 0.489. The minimum absolute atomic E-state index is 0.110. The second-order valence-electron chi connectivity index (χ2n) is 6.34. The molecule has 29 heavy (non-hydrogen) atoms. The predicted molar refractivity (Wildman–Crippen MR) is 116 cm³/mol. The second kappa shape index (κ2) is 8.64. The summed E-state index contributed by atoms with van der Waals surface area (Å²) in [5, 5.41) is 7.48. The van der Waals surface area contributed by atoms with Gasteiger partial charge in [-0.3, -0.25) is 14.2 Å². The maximum atomic E-state index is 12.4. The number of methoxy groups -OCH3 is 1. The normalized spacial score (nSPS) is 11.1. The van der Waals surface area contributed by atoms with Crippen molar-refractivity contribution in [2.75, 3.05) is 19.0 Å². The lowest BCUT2D eigenvalue weighted by atomic mass is 10.1. The Hall–Kier alpha value is -2.88. The topological polar surface area (TPSA) is 86.1 Å². The SMILES string of the molecule is COCCc1ccc(-c2csc(NC(=O)Cn3cnc4sccc4c3=O)n2)cc1. The molecule has 0 radical (unpaired) electrons. The van der Waals surface area contributed by atoms with E-state index in [-0.39, 0.29) is 18.0 Å². The lowest BCUT2D eigenvalue weighted by Gasteiger charge is -2.05. The van der Waals surface area contributed by atoms with Crippen LogP contribution in [0.5, 0.6) is 0 Å². The molecule has 3 aromatic heterocycles. The lowest BCUT2D eigenvalue weighted by Crippen LogP contribution is -2.27. The van der Waals surface area contributed by atoms with Gasteiger partial charge in [-0.05, 0) is 23.4 Å². The van der Waals surface area contributed by atoms with Crippen molar-refractivity contribution in [1.82, 2.24) is 14.5 Å². The number of anilines is 1. The van der Waals surface area contributed by atoms with E-state index in [2.05, 4.69) is 15.3 Å². The first kappa shape index (κ1) is 19.4. The Labute approximate surface area is 174 Å². The Kier molecular flexibility index (Phi) is 5.79. The van der Waals surface area contributed by atoms with Crippen molar-refractivity contribution in [1.29, 1.82) is 0 Å². The second-order valence-corrected chi connectivity index (χ2v) is 8.10. The number of aromatic nitrogens is 3. The van der Waals surface area contributed by atoms with Crippen LogP contribution in [0.25, 0.3) is 21.5 Å². The zero-order valence-corrected chi connectivity index (χ0v) is 17.3. The van der Waals surface area contributed by atoms with E-state index in [9.17, 15) is 9.59 Å². The third kappa shape index (κ3) is 4.42. The Morgan fingerprint density at radius 1 is 1.21 bits per heavy atom. The number of nitrogens with zero attached hydrogens (tertiary/aromatic N) is 3. The Morgan fingerprint density at radius 2 is 2.03 bits per heavy atom. The third-order valence-electron chi connectivity index (χ3n) is 4.36. The number of thiazole rings is 1. The number of nitrogens with one attached hydrogen (secondary N) is 1. The van der Waals surface area contributed by atoms with Crippen LogP contribution in [0.4, 0.5) is 5.13 Å². The van der Waals surface area contributed by atoms with Crippen molar-refractivity contribution in [2.24, 2.45) is 0 Å². The van der Waals surface area contributed by atoms with Gasteiger partial charge >= 0.3 is 0 Å². The van der Waals surface area contributed by atoms with Gasteiger partial charge in [0.05, 0.1) is 24.0 Å². The van der Waals surface area contributed by atoms with Crippen LogP contribution in [0.15, 0.2) is 52.2 Å². The molecule has 3 heterocycles. The summed E-state index contributed by atoms with van der Waals surface area (Å²) in [4.78, 5) is 34.1. The molecule has 0 unspecified atom stereocenters. The number of hydrogen-bond donors (Lipinski definition) is 1. The monoisotopic (exact) mass is 426 g/mol. The zero-order valence-electron chi connectivity index (χ0n) is 15.6. The molecule has 1 amide bonds. The molecule has 0 saturated heterocycles. The van der Waals surface area contributed by atoms with Gasteiger partial charge in [0.15, 0.2) is 5.13 Å². The van der Waals surface area contributed by atoms with Gasteiger partial charge in [0.2, 0.25) is 5.91 Å². The van der Waals surface area contributed by atoms with E-state index in [1.165, 1.54) is 39.1 Å². The van der Waals surface area contributed by atoms with Crippen LogP contribution in [0.1, 0.15) is 5.56 Å². The first-order valence-corrected chi connectivity index (χ1v) is 10.7. The summed E-state index contributed by atoms with van der Waals surface area (Å²) in [5.41, 5.74) is 2.74. The molecule has 0 aliphatic heterocycles. The summed E-state index contributed by atoms with van der Waals surface area (Å²) in [6.07, 6.45) is 2.26. The average Bonchev–Trinajstić information content (AvgIpc) is 3.39. The summed E-state index contributed by atoms with van der Waals surface area (Å²) in [6.45, 7) is 0.574. The van der Waals surface area contributed by atoms with Crippen molar-refractivity contribution in [3.63, 3.8) is 0 Å². The lowest BCUT2D eigenvalue weighted by molar-refractivity contribution is -0.116. The maximum Gasteiger partial charge on any atom is 0.262 e. The van der Waals surface area contributed by atoms with E-state index in [1.807, 2.05) is 35.0 Å². The molecule has 9 heteroatoms. The van der Waals surface area contributed by atoms with Crippen molar-refractivity contribution < 1.29 is 9.53 Å². The van der Waals surface area contributed by atoms with Gasteiger partial charge in [0.25, 0.3) is 5.56 Å². The summed E-state index contributed by atoms with van der Waals surface area (Å²) < 4.78 is 6.40. The molecule has 0 fully saturated rings. The third-order valence-corrected chi connectivity index (χ3v) is 5.94. The number of fused-ring (bicyclic) bond motifs is 1. The van der Waals surface area contributed by atoms with Gasteiger partial charge in [-0.2, -0.15) is 0 Å². The van der Waals surface area contributed by atoms with Crippen molar-refractivity contribution in [3.05, 3.63) is 63.3 Å². The molecule has 7 nitrogen and oxygen atoms in total. The highest BCUT2D eigenvalue weighted by molar-refractivity contribution is 7.16. The number of amides is 1. The smallest absolute Gasteiger partial charge is 0.262 e. The molecule has 4 rings (SSSR count). The summed E-state index contributed by atoms with van der Waals surface area (Å²) in [6, 6.07) is 9.83. The molecule has 1 N–H and O–H groups in total. The van der Waals surface area contributed by atoms with Crippen LogP contribution < -0.4 is 10.9 Å². The summed E-state index contributed by atoms with van der Waals surface area (Å²) >= 11 is 2.74. The number of ether oxygens (including phenoxy) is 1. The van der Waals surface area contributed by atoms with E-state index in [1.54, 1.807) is 13.2 Å². The van der Waals surface area contributed by atoms with Crippen molar-refractivity contribution in [3.8, 4) is 11.3 Å². The Balaban J connectivity index is 1.42. The molecule has 0 aliphatic rings. The van der Waals surface area contributed by atoms with Crippen LogP contribution >= 0.6 is 22.7 Å². The van der Waals surface area contributed by atoms with E-state index < -0.39 is 0 Å². The van der Waals surface area contributed by atoms with E-state index >= 15 is 0 Å². The molecular weight excluding hydrogens is 408 g/mol. The number of rotatable bonds is 7. The number of hydrogen-bond acceptors (Lipinski definition) is 7. The molecule has 0 saturated carbocycles. The highest BCUT2D eigenvalue weighted by Crippen LogP contribution is 2.25. The van der Waals surface area contributed by atoms with Crippen LogP contribution in [0.2, 0.25) is 0 Å². The summed E-state index contributed by atoms with van der Waals surface area (Å²) in [5.74, 6) is -0.320. The molecule has 4 aromatic rings. The molecule has 1 aromatic carbocycles. The van der Waals surface area contributed by atoms with Crippen LogP contribution in [0, 0.1) is 0 Å². The fourth-order valence-electron chi connectivity index (χ4n) is 2.85. The highest BCUT2D eigenvalue weighted by Gasteiger charge is 2.11. The van der Waals surface area contributed by atoms with Gasteiger partial charge in [0, 0.05) is 18.1 Å². The molecular formula is C20H18N4O3S2. The molecule has 0 atom stereocenters. The van der Waals surface area contributed by atoms with E-state index in [0.29, 0.717) is 22.0 Å². The van der Waals surface area contributed by atoms with Gasteiger partial charge in [-0.25, -0.2) is 9.97 Å². The highest BCUT2D eigenvalue weighted by atomic mass is 32.1. The fraction of sp³-hybridized carbons (Fsp3) is 0.200. The molecule has 0 spiro atoms. The minimum atomic E-state index is -0.320. The van der Waals surface area contributed by atoms with E-state index in [0.717, 1.165) is 17.7 Å². The summed E-state index contributed by atoms with van der Waals surface area (Å²) in [7, 11) is 1.69. The number of thiophene rings is 1. The zero-order chi connectivity index (χ0) is 20.2. The predicted octanol–water partition coefficient (Wildman–Crippen LogP) is 3.41. The minimum Gasteiger partial charge on any atom is -0.384 e. The largest absolute Gasteiger partial charge is 0.384 e. The fourth-order valence-corrected chi connectivity index (χ4v) is 4.30. The molecule has 148 valence electrons. The first-order valence-electron chi connectivity index (χ1n) is 8.90. The van der Waals surface area contributed by atoms with E-state index in [4.69, 9.17) is 4.74 Å². The standard InChI is InChI=1S/C20H18N4O3S2/c1-27-8-6-13-2-4-14(5-3-13)16-11-29-20(22-16)23-17(25)10-24-12-21-18-15(19(24)26)7-9-28-18/h2-5,7,9,11-12H,6,8,10H2,1H3,(H,22,23,25). The Morgan fingerprint density at radius 3 is 2.83 bits per heavy atom. The maximum absolute atomic E-state index is 12.4. The van der Waals surface area contributed by atoms with Crippen molar-refractivity contribution >= 4 is 43.9 Å². The van der Waals surface area contributed by atoms with Gasteiger partial charge in [-0.15, -0.1) is 22.7 Å². The van der Waals surface area contributed by atoms with Crippen molar-refractivity contribution in [2.45, 2.75) is 13.0 Å². The van der Waals surface area contributed by atoms with Gasteiger partial charge in [-0.1, -0.05) is 24.3 Å². The number of carbonyl (C=O) groups is 1. The van der Waals surface area contributed by atoms with Crippen LogP contribution in [-0.4, -0.2) is 34.2 Å². The Bertz CT molecular complexity index is 1190. The van der Waals surface area contributed by atoms with Gasteiger partial charge < -0.3 is 10.1 Å². The average molecular weight is 427 g/mol. The van der Waals surface area contributed by atoms with Gasteiger partial charge in [0.1, 0.15) is 11.4 Å².